The van der Waals surface area contributed by atoms with Crippen molar-refractivity contribution in [3.05, 3.63) is 24.3 Å². The quantitative estimate of drug-likeness (QED) is 0.319. The number of hydrogen-bond acceptors (Lipinski definition) is 1. The fourth-order valence-corrected chi connectivity index (χ4v) is 1.94. The minimum atomic E-state index is 0.215. The zero-order valence-corrected chi connectivity index (χ0v) is 13.2. The number of allylic oxidation sites excluding steroid dienone is 4. The first-order valence-electron chi connectivity index (χ1n) is 8.01. The van der Waals surface area contributed by atoms with E-state index in [0.717, 1.165) is 25.7 Å². The van der Waals surface area contributed by atoms with Crippen LogP contribution in [0.4, 0.5) is 0 Å². The van der Waals surface area contributed by atoms with Gasteiger partial charge in [-0.25, -0.2) is 0 Å². The molecule has 0 fully saturated rings. The number of carbonyl (C=O) groups excluding carboxylic acids is 1. The van der Waals surface area contributed by atoms with E-state index in [2.05, 4.69) is 31.2 Å². The van der Waals surface area contributed by atoms with Crippen LogP contribution in [0.15, 0.2) is 24.3 Å². The van der Waals surface area contributed by atoms with Crippen LogP contribution in [0.25, 0.3) is 0 Å². The van der Waals surface area contributed by atoms with Crippen molar-refractivity contribution in [3.8, 4) is 0 Å². The highest BCUT2D eigenvalue weighted by Crippen LogP contribution is 2.10. The largest absolute Gasteiger partial charge is 0.299 e. The third-order valence-corrected chi connectivity index (χ3v) is 3.28. The van der Waals surface area contributed by atoms with E-state index in [1.165, 1.54) is 32.1 Å². The molecule has 0 N–H and O–H groups in total. The van der Waals surface area contributed by atoms with E-state index in [1.54, 1.807) is 0 Å². The average molecular weight is 264 g/mol. The van der Waals surface area contributed by atoms with Crippen LogP contribution < -0.4 is 0 Å². The Bertz CT molecular complexity index is 261. The molecular weight excluding hydrogens is 232 g/mol. The van der Waals surface area contributed by atoms with E-state index in [0.29, 0.717) is 5.78 Å². The molecule has 0 rings (SSSR count). The van der Waals surface area contributed by atoms with E-state index in [-0.39, 0.29) is 5.92 Å². The van der Waals surface area contributed by atoms with Crippen LogP contribution in [0.1, 0.15) is 78.6 Å². The molecule has 0 aromatic carbocycles. The van der Waals surface area contributed by atoms with Gasteiger partial charge >= 0.3 is 0 Å². The molecule has 19 heavy (non-hydrogen) atoms. The Balaban J connectivity index is 3.23. The van der Waals surface area contributed by atoms with Crippen LogP contribution in [0.5, 0.6) is 0 Å². The van der Waals surface area contributed by atoms with Gasteiger partial charge in [-0.2, -0.15) is 0 Å². The number of unbranched alkanes of at least 4 members (excludes halogenated alkanes) is 5. The second-order valence-corrected chi connectivity index (χ2v) is 5.51. The molecule has 0 unspecified atom stereocenters. The number of carbonyl (C=O) groups is 1. The summed E-state index contributed by atoms with van der Waals surface area (Å²) in [5.74, 6) is 0.634. The molecule has 0 heterocycles. The Hall–Kier alpha value is -0.850. The maximum Gasteiger partial charge on any atom is 0.135 e. The van der Waals surface area contributed by atoms with Crippen molar-refractivity contribution in [2.45, 2.75) is 78.6 Å². The van der Waals surface area contributed by atoms with Gasteiger partial charge in [-0.05, 0) is 32.1 Å². The molecule has 1 nitrogen and oxygen atoms in total. The van der Waals surface area contributed by atoms with Crippen LogP contribution in [-0.4, -0.2) is 5.78 Å². The minimum absolute atomic E-state index is 0.215. The van der Waals surface area contributed by atoms with E-state index in [1.807, 2.05) is 13.8 Å². The first-order chi connectivity index (χ1) is 9.18. The van der Waals surface area contributed by atoms with Crippen molar-refractivity contribution in [3.63, 3.8) is 0 Å². The van der Waals surface area contributed by atoms with Gasteiger partial charge in [-0.15, -0.1) is 0 Å². The van der Waals surface area contributed by atoms with E-state index in [4.69, 9.17) is 0 Å². The predicted molar refractivity (Wildman–Crippen MR) is 85.4 cm³/mol. The maximum absolute atomic E-state index is 11.4. The SMILES string of the molecule is CC/C=C\C/C=C\CCCCCCCC(=O)C(C)C. The molecule has 0 aliphatic rings. The van der Waals surface area contributed by atoms with E-state index >= 15 is 0 Å². The Labute approximate surface area is 120 Å². The third-order valence-electron chi connectivity index (χ3n) is 3.28. The molecular formula is C18H32O. The zero-order valence-electron chi connectivity index (χ0n) is 13.2. The van der Waals surface area contributed by atoms with Crippen molar-refractivity contribution in [2.24, 2.45) is 5.92 Å². The molecule has 0 aromatic heterocycles. The third kappa shape index (κ3) is 13.4. The highest BCUT2D eigenvalue weighted by Gasteiger charge is 2.05. The predicted octanol–water partition coefficient (Wildman–Crippen LogP) is 5.85. The van der Waals surface area contributed by atoms with Crippen molar-refractivity contribution in [1.29, 1.82) is 0 Å². The summed E-state index contributed by atoms with van der Waals surface area (Å²) in [6.07, 6.45) is 19.3. The second-order valence-electron chi connectivity index (χ2n) is 5.51. The van der Waals surface area contributed by atoms with Gasteiger partial charge < -0.3 is 0 Å². The molecule has 0 spiro atoms. The van der Waals surface area contributed by atoms with Crippen molar-refractivity contribution >= 4 is 5.78 Å². The topological polar surface area (TPSA) is 17.1 Å². The molecule has 1 heteroatoms. The van der Waals surface area contributed by atoms with E-state index in [9.17, 15) is 4.79 Å². The molecule has 0 bridgehead atoms. The molecule has 0 saturated heterocycles. The second kappa shape index (κ2) is 13.6. The van der Waals surface area contributed by atoms with Gasteiger partial charge in [0.05, 0.1) is 0 Å². The smallest absolute Gasteiger partial charge is 0.135 e. The van der Waals surface area contributed by atoms with Crippen molar-refractivity contribution in [2.75, 3.05) is 0 Å². The first-order valence-corrected chi connectivity index (χ1v) is 8.01. The summed E-state index contributed by atoms with van der Waals surface area (Å²) in [5, 5.41) is 0. The van der Waals surface area contributed by atoms with Gasteiger partial charge in [-0.3, -0.25) is 4.79 Å². The molecule has 0 saturated carbocycles. The summed E-state index contributed by atoms with van der Waals surface area (Å²) in [5.41, 5.74) is 0. The summed E-state index contributed by atoms with van der Waals surface area (Å²) < 4.78 is 0. The molecule has 0 aliphatic heterocycles. The highest BCUT2D eigenvalue weighted by atomic mass is 16.1. The summed E-state index contributed by atoms with van der Waals surface area (Å²) in [6, 6.07) is 0. The van der Waals surface area contributed by atoms with Crippen molar-refractivity contribution < 1.29 is 4.79 Å². The number of rotatable bonds is 12. The minimum Gasteiger partial charge on any atom is -0.299 e. The Morgan fingerprint density at radius 2 is 1.53 bits per heavy atom. The highest BCUT2D eigenvalue weighted by molar-refractivity contribution is 5.80. The van der Waals surface area contributed by atoms with E-state index < -0.39 is 0 Å². The van der Waals surface area contributed by atoms with Crippen LogP contribution in [-0.2, 0) is 4.79 Å². The molecule has 0 amide bonds. The Morgan fingerprint density at radius 3 is 2.21 bits per heavy atom. The molecule has 110 valence electrons. The van der Waals surface area contributed by atoms with Gasteiger partial charge in [-0.1, -0.05) is 64.3 Å². The molecule has 0 atom stereocenters. The lowest BCUT2D eigenvalue weighted by Gasteiger charge is -2.03. The Kier molecular flexibility index (Phi) is 13.0. The van der Waals surface area contributed by atoms with Gasteiger partial charge in [0.2, 0.25) is 0 Å². The van der Waals surface area contributed by atoms with Crippen LogP contribution in [0, 0.1) is 5.92 Å². The molecule has 0 aliphatic carbocycles. The average Bonchev–Trinajstić information content (AvgIpc) is 2.39. The van der Waals surface area contributed by atoms with Gasteiger partial charge in [0.15, 0.2) is 0 Å². The first kappa shape index (κ1) is 18.1. The van der Waals surface area contributed by atoms with Crippen LogP contribution in [0.2, 0.25) is 0 Å². The molecule has 0 radical (unpaired) electrons. The maximum atomic E-state index is 11.4. The normalized spacial score (nSPS) is 12.0. The lowest BCUT2D eigenvalue weighted by atomic mass is 10.0. The monoisotopic (exact) mass is 264 g/mol. The lowest BCUT2D eigenvalue weighted by Crippen LogP contribution is -2.05. The molecule has 0 aromatic rings. The number of hydrogen-bond donors (Lipinski definition) is 0. The fourth-order valence-electron chi connectivity index (χ4n) is 1.94. The number of ketones is 1. The van der Waals surface area contributed by atoms with Gasteiger partial charge in [0.25, 0.3) is 0 Å². The summed E-state index contributed by atoms with van der Waals surface area (Å²) in [4.78, 5) is 11.4. The summed E-state index contributed by atoms with van der Waals surface area (Å²) in [6.45, 7) is 6.14. The standard InChI is InChI=1S/C18H32O/c1-4-5-6-7-8-9-10-11-12-13-14-15-16-18(19)17(2)3/h5-6,8-9,17H,4,7,10-16H2,1-3H3/b6-5-,9-8-. The van der Waals surface area contributed by atoms with Crippen molar-refractivity contribution in [1.82, 2.24) is 0 Å². The van der Waals surface area contributed by atoms with Crippen LogP contribution >= 0.6 is 0 Å². The number of Topliss-reactive ketones (excluding diaryl/α,β-unsaturated/α-hetero) is 1. The Morgan fingerprint density at radius 1 is 0.895 bits per heavy atom. The van der Waals surface area contributed by atoms with Gasteiger partial charge in [0, 0.05) is 12.3 Å². The fraction of sp³-hybridized carbons (Fsp3) is 0.722. The lowest BCUT2D eigenvalue weighted by molar-refractivity contribution is -0.122. The summed E-state index contributed by atoms with van der Waals surface area (Å²) >= 11 is 0. The zero-order chi connectivity index (χ0) is 14.3. The van der Waals surface area contributed by atoms with Gasteiger partial charge in [0.1, 0.15) is 5.78 Å². The summed E-state index contributed by atoms with van der Waals surface area (Å²) in [7, 11) is 0. The van der Waals surface area contributed by atoms with Crippen LogP contribution in [0.3, 0.4) is 0 Å².